The molecule has 0 aliphatic heterocycles. The number of hydrogen-bond acceptors (Lipinski definition) is 2. The molecule has 0 saturated heterocycles. The molecule has 0 spiro atoms. The van der Waals surface area contributed by atoms with E-state index in [-0.39, 0.29) is 11.3 Å². The molecule has 1 aromatic rings. The van der Waals surface area contributed by atoms with Gasteiger partial charge in [0, 0.05) is 7.05 Å². The molecule has 92 valence electrons. The molecule has 7 heteroatoms. The third-order valence-electron chi connectivity index (χ3n) is 1.90. The molecule has 0 unspecified atom stereocenters. The molecule has 0 heterocycles. The van der Waals surface area contributed by atoms with E-state index in [9.17, 15) is 22.8 Å². The van der Waals surface area contributed by atoms with E-state index in [1.165, 1.54) is 31.3 Å². The number of hydrogen-bond donors (Lipinski definition) is 2. The Morgan fingerprint density at radius 3 is 2.29 bits per heavy atom. The summed E-state index contributed by atoms with van der Waals surface area (Å²) in [5.41, 5.74) is -0.221. The average Bonchev–Trinajstić information content (AvgIpc) is 2.27. The number of carbonyl (C=O) groups is 2. The van der Waals surface area contributed by atoms with E-state index >= 15 is 0 Å². The van der Waals surface area contributed by atoms with Gasteiger partial charge in [-0.1, -0.05) is 12.1 Å². The van der Waals surface area contributed by atoms with Gasteiger partial charge in [0.2, 0.25) is 0 Å². The van der Waals surface area contributed by atoms with Gasteiger partial charge in [0.05, 0.1) is 11.3 Å². The molecule has 1 rings (SSSR count). The van der Waals surface area contributed by atoms with Gasteiger partial charge >= 0.3 is 12.1 Å². The maximum atomic E-state index is 12.0. The molecule has 0 radical (unpaired) electrons. The van der Waals surface area contributed by atoms with Crippen LogP contribution in [0.1, 0.15) is 10.4 Å². The van der Waals surface area contributed by atoms with E-state index in [2.05, 4.69) is 5.32 Å². The Kier molecular flexibility index (Phi) is 3.72. The first kappa shape index (κ1) is 13.0. The lowest BCUT2D eigenvalue weighted by molar-refractivity contribution is -0.167. The summed E-state index contributed by atoms with van der Waals surface area (Å²) in [6.45, 7) is 0. The SMILES string of the molecule is CNC(=O)c1ccccc1NC(=O)C(F)(F)F. The first-order valence-corrected chi connectivity index (χ1v) is 4.55. The van der Waals surface area contributed by atoms with Crippen LogP contribution < -0.4 is 10.6 Å². The van der Waals surface area contributed by atoms with Crippen molar-refractivity contribution in [3.05, 3.63) is 29.8 Å². The van der Waals surface area contributed by atoms with Crippen molar-refractivity contribution >= 4 is 17.5 Å². The van der Waals surface area contributed by atoms with Gasteiger partial charge in [0.15, 0.2) is 0 Å². The Morgan fingerprint density at radius 1 is 1.18 bits per heavy atom. The summed E-state index contributed by atoms with van der Waals surface area (Å²) in [6, 6.07) is 5.42. The number of amides is 2. The number of rotatable bonds is 2. The molecule has 4 nitrogen and oxygen atoms in total. The molecule has 0 aliphatic carbocycles. The molecular formula is C10H9F3N2O2. The molecule has 2 N–H and O–H groups in total. The second kappa shape index (κ2) is 4.86. The van der Waals surface area contributed by atoms with Crippen LogP contribution in [0, 0.1) is 0 Å². The third kappa shape index (κ3) is 3.20. The summed E-state index contributed by atoms with van der Waals surface area (Å²) in [5.74, 6) is -2.70. The Morgan fingerprint density at radius 2 is 1.76 bits per heavy atom. The molecule has 0 fully saturated rings. The number of carbonyl (C=O) groups excluding carboxylic acids is 2. The van der Waals surface area contributed by atoms with E-state index in [1.54, 1.807) is 5.32 Å². The minimum atomic E-state index is -4.99. The maximum absolute atomic E-state index is 12.0. The Bertz CT molecular complexity index is 443. The second-order valence-corrected chi connectivity index (χ2v) is 3.08. The van der Waals surface area contributed by atoms with Gasteiger partial charge in [-0.05, 0) is 12.1 Å². The molecule has 0 atom stereocenters. The van der Waals surface area contributed by atoms with E-state index in [0.717, 1.165) is 0 Å². The number of benzene rings is 1. The van der Waals surface area contributed by atoms with E-state index in [4.69, 9.17) is 0 Å². The highest BCUT2D eigenvalue weighted by Gasteiger charge is 2.39. The molecule has 0 bridgehead atoms. The van der Waals surface area contributed by atoms with Gasteiger partial charge in [-0.3, -0.25) is 9.59 Å². The van der Waals surface area contributed by atoms with Crippen LogP contribution in [0.3, 0.4) is 0 Å². The monoisotopic (exact) mass is 246 g/mol. The molecule has 17 heavy (non-hydrogen) atoms. The lowest BCUT2D eigenvalue weighted by Crippen LogP contribution is -2.31. The number of para-hydroxylation sites is 1. The number of nitrogens with one attached hydrogen (secondary N) is 2. The van der Waals surface area contributed by atoms with E-state index < -0.39 is 18.0 Å². The Labute approximate surface area is 94.8 Å². The zero-order chi connectivity index (χ0) is 13.1. The van der Waals surface area contributed by atoms with Gasteiger partial charge in [-0.2, -0.15) is 13.2 Å². The van der Waals surface area contributed by atoms with Gasteiger partial charge in [0.1, 0.15) is 0 Å². The highest BCUT2D eigenvalue weighted by molar-refractivity contribution is 6.04. The first-order valence-electron chi connectivity index (χ1n) is 4.55. The summed E-state index contributed by atoms with van der Waals surface area (Å²) in [4.78, 5) is 22.1. The predicted octanol–water partition coefficient (Wildman–Crippen LogP) is 1.55. The van der Waals surface area contributed by atoms with Crippen LogP contribution in [0.4, 0.5) is 18.9 Å². The van der Waals surface area contributed by atoms with Gasteiger partial charge in [-0.25, -0.2) is 0 Å². The van der Waals surface area contributed by atoms with Crippen LogP contribution in [0.5, 0.6) is 0 Å². The van der Waals surface area contributed by atoms with Crippen LogP contribution >= 0.6 is 0 Å². The standard InChI is InChI=1S/C10H9F3N2O2/c1-14-8(16)6-4-2-3-5-7(6)15-9(17)10(11,12)13/h2-5H,1H3,(H,14,16)(H,15,17). The lowest BCUT2D eigenvalue weighted by atomic mass is 10.1. The predicted molar refractivity (Wildman–Crippen MR) is 54.5 cm³/mol. The number of halogens is 3. The zero-order valence-corrected chi connectivity index (χ0v) is 8.76. The number of alkyl halides is 3. The van der Waals surface area contributed by atoms with Crippen molar-refractivity contribution in [1.82, 2.24) is 5.32 Å². The average molecular weight is 246 g/mol. The van der Waals surface area contributed by atoms with Crippen molar-refractivity contribution in [3.63, 3.8) is 0 Å². The maximum Gasteiger partial charge on any atom is 0.471 e. The van der Waals surface area contributed by atoms with Crippen molar-refractivity contribution in [3.8, 4) is 0 Å². The number of anilines is 1. The quantitative estimate of drug-likeness (QED) is 0.831. The van der Waals surface area contributed by atoms with Crippen LogP contribution in [-0.4, -0.2) is 25.0 Å². The highest BCUT2D eigenvalue weighted by Crippen LogP contribution is 2.20. The molecule has 0 saturated carbocycles. The Hall–Kier alpha value is -2.05. The molecule has 0 aromatic heterocycles. The molecular weight excluding hydrogens is 237 g/mol. The smallest absolute Gasteiger partial charge is 0.355 e. The van der Waals surface area contributed by atoms with Gasteiger partial charge < -0.3 is 10.6 Å². The second-order valence-electron chi connectivity index (χ2n) is 3.08. The first-order chi connectivity index (χ1) is 7.86. The minimum Gasteiger partial charge on any atom is -0.355 e. The normalized spacial score (nSPS) is 10.8. The topological polar surface area (TPSA) is 58.2 Å². The summed E-state index contributed by atoms with van der Waals surface area (Å²) < 4.78 is 36.1. The van der Waals surface area contributed by atoms with E-state index in [0.29, 0.717) is 0 Å². The molecule has 2 amide bonds. The summed E-state index contributed by atoms with van der Waals surface area (Å²) >= 11 is 0. The summed E-state index contributed by atoms with van der Waals surface area (Å²) in [7, 11) is 1.34. The van der Waals surface area contributed by atoms with Crippen LogP contribution in [0.25, 0.3) is 0 Å². The van der Waals surface area contributed by atoms with Crippen molar-refractivity contribution in [2.75, 3.05) is 12.4 Å². The largest absolute Gasteiger partial charge is 0.471 e. The summed E-state index contributed by atoms with van der Waals surface area (Å²) in [5, 5.41) is 3.90. The van der Waals surface area contributed by atoms with E-state index in [1.807, 2.05) is 0 Å². The molecule has 0 aliphatic rings. The lowest BCUT2D eigenvalue weighted by Gasteiger charge is -2.11. The zero-order valence-electron chi connectivity index (χ0n) is 8.76. The van der Waals surface area contributed by atoms with Crippen LogP contribution in [-0.2, 0) is 4.79 Å². The molecule has 1 aromatic carbocycles. The summed E-state index contributed by atoms with van der Waals surface area (Å²) in [6.07, 6.45) is -4.99. The van der Waals surface area contributed by atoms with Gasteiger partial charge in [0.25, 0.3) is 5.91 Å². The fourth-order valence-electron chi connectivity index (χ4n) is 1.12. The van der Waals surface area contributed by atoms with Crippen molar-refractivity contribution in [1.29, 1.82) is 0 Å². The fraction of sp³-hybridized carbons (Fsp3) is 0.200. The Balaban J connectivity index is 2.99. The fourth-order valence-corrected chi connectivity index (χ4v) is 1.12. The van der Waals surface area contributed by atoms with Crippen LogP contribution in [0.15, 0.2) is 24.3 Å². The highest BCUT2D eigenvalue weighted by atomic mass is 19.4. The van der Waals surface area contributed by atoms with Crippen molar-refractivity contribution < 1.29 is 22.8 Å². The van der Waals surface area contributed by atoms with Crippen LogP contribution in [0.2, 0.25) is 0 Å². The minimum absolute atomic E-state index is 0.0346. The third-order valence-corrected chi connectivity index (χ3v) is 1.90. The van der Waals surface area contributed by atoms with Crippen molar-refractivity contribution in [2.45, 2.75) is 6.18 Å². The van der Waals surface area contributed by atoms with Crippen molar-refractivity contribution in [2.24, 2.45) is 0 Å². The van der Waals surface area contributed by atoms with Gasteiger partial charge in [-0.15, -0.1) is 0 Å².